The maximum atomic E-state index is 5.23. The van der Waals surface area contributed by atoms with E-state index in [-0.39, 0.29) is 6.04 Å². The third-order valence-corrected chi connectivity index (χ3v) is 7.09. The van der Waals surface area contributed by atoms with Crippen LogP contribution >= 0.6 is 0 Å². The molecule has 158 valence electrons. The van der Waals surface area contributed by atoms with E-state index in [9.17, 15) is 0 Å². The fourth-order valence-corrected chi connectivity index (χ4v) is 5.55. The van der Waals surface area contributed by atoms with Crippen molar-refractivity contribution in [2.45, 2.75) is 18.9 Å². The molecule has 2 aliphatic heterocycles. The number of nitrogens with zero attached hydrogens (tertiary/aromatic N) is 3. The Morgan fingerprint density at radius 3 is 1.94 bits per heavy atom. The Balaban J connectivity index is 1.44. The van der Waals surface area contributed by atoms with E-state index in [2.05, 4.69) is 95.9 Å². The van der Waals surface area contributed by atoms with Crippen LogP contribution in [-0.4, -0.2) is 16.0 Å². The summed E-state index contributed by atoms with van der Waals surface area (Å²) in [4.78, 5) is 12.9. The van der Waals surface area contributed by atoms with E-state index in [1.54, 1.807) is 0 Å². The summed E-state index contributed by atoms with van der Waals surface area (Å²) in [6.45, 7) is 0. The van der Waals surface area contributed by atoms with Gasteiger partial charge in [-0.25, -0.2) is 9.97 Å². The van der Waals surface area contributed by atoms with Gasteiger partial charge in [0.05, 0.1) is 17.4 Å². The van der Waals surface area contributed by atoms with Crippen LogP contribution in [0.4, 0.5) is 11.6 Å². The monoisotopic (exact) mass is 425 g/mol. The Kier molecular flexibility index (Phi) is 4.10. The van der Waals surface area contributed by atoms with E-state index in [1.807, 2.05) is 12.1 Å². The van der Waals surface area contributed by atoms with Gasteiger partial charge in [0.15, 0.2) is 0 Å². The Bertz CT molecular complexity index is 1420. The predicted octanol–water partition coefficient (Wildman–Crippen LogP) is 6.54. The molecule has 3 nitrogen and oxygen atoms in total. The van der Waals surface area contributed by atoms with Crippen LogP contribution in [0.15, 0.2) is 109 Å². The first-order valence-corrected chi connectivity index (χ1v) is 11.6. The van der Waals surface area contributed by atoms with Gasteiger partial charge >= 0.3 is 0 Å². The molecule has 1 aliphatic carbocycles. The van der Waals surface area contributed by atoms with Crippen molar-refractivity contribution in [3.8, 4) is 22.5 Å². The second-order valence-electron chi connectivity index (χ2n) is 9.08. The first-order valence-electron chi connectivity index (χ1n) is 11.6. The van der Waals surface area contributed by atoms with Gasteiger partial charge in [0, 0.05) is 17.0 Å². The number of benzene rings is 2. The predicted molar refractivity (Wildman–Crippen MR) is 133 cm³/mol. The molecular formula is C30H23N3. The molecule has 4 heterocycles. The zero-order valence-electron chi connectivity index (χ0n) is 18.2. The summed E-state index contributed by atoms with van der Waals surface area (Å²) in [5.74, 6) is 2.55. The minimum atomic E-state index is 0.284. The molecule has 33 heavy (non-hydrogen) atoms. The lowest BCUT2D eigenvalue weighted by molar-refractivity contribution is 0.488. The number of anilines is 2. The molecule has 2 unspecified atom stereocenters. The van der Waals surface area contributed by atoms with Crippen molar-refractivity contribution < 1.29 is 0 Å². The zero-order valence-corrected chi connectivity index (χ0v) is 18.2. The highest BCUT2D eigenvalue weighted by molar-refractivity contribution is 5.76. The molecule has 0 fully saturated rings. The average Bonchev–Trinajstić information content (AvgIpc) is 2.89. The molecule has 2 atom stereocenters. The number of hydrogen-bond donors (Lipinski definition) is 0. The van der Waals surface area contributed by atoms with Gasteiger partial charge in [-0.2, -0.15) is 0 Å². The standard InChI is InChI=1S/C30H23N3/c1-3-8-20(9-4-1)26-16-14-24-18-22-12-7-13-23-19-25-15-17-27(21-10-5-2-6-11-21)32-30(25)33(28(22)23)29(24)31-26/h1-17,22,28H,18-19H2. The summed E-state index contributed by atoms with van der Waals surface area (Å²) in [6, 6.07) is 30.0. The molecule has 0 N–H and O–H groups in total. The van der Waals surface area contributed by atoms with Gasteiger partial charge in [0.1, 0.15) is 11.6 Å². The Morgan fingerprint density at radius 1 is 0.667 bits per heavy atom. The van der Waals surface area contributed by atoms with Crippen LogP contribution in [0.2, 0.25) is 0 Å². The van der Waals surface area contributed by atoms with E-state index in [0.29, 0.717) is 5.92 Å². The Labute approximate surface area is 193 Å². The molecule has 3 aliphatic rings. The molecule has 0 amide bonds. The first-order chi connectivity index (χ1) is 16.3. The maximum Gasteiger partial charge on any atom is 0.138 e. The third-order valence-electron chi connectivity index (χ3n) is 7.09. The van der Waals surface area contributed by atoms with Crippen molar-refractivity contribution >= 4 is 11.6 Å². The van der Waals surface area contributed by atoms with E-state index < -0.39 is 0 Å². The van der Waals surface area contributed by atoms with Gasteiger partial charge in [-0.1, -0.05) is 91.0 Å². The molecule has 0 bridgehead atoms. The van der Waals surface area contributed by atoms with E-state index in [1.165, 1.54) is 16.7 Å². The summed E-state index contributed by atoms with van der Waals surface area (Å²) in [5.41, 5.74) is 8.33. The summed E-state index contributed by atoms with van der Waals surface area (Å²) in [7, 11) is 0. The SMILES string of the molecule is C1=CC2Cc3ccc(-c4ccccc4)nc3N3c4nc(-c5ccccc5)ccc4CC(=C1)C23. The van der Waals surface area contributed by atoms with Gasteiger partial charge in [-0.05, 0) is 41.7 Å². The molecule has 0 saturated carbocycles. The lowest BCUT2D eigenvalue weighted by atomic mass is 9.76. The number of rotatable bonds is 2. The second kappa shape index (κ2) is 7.28. The van der Waals surface area contributed by atoms with Crippen LogP contribution in [0.25, 0.3) is 22.5 Å². The van der Waals surface area contributed by atoms with Crippen LogP contribution in [0, 0.1) is 5.92 Å². The molecule has 0 spiro atoms. The second-order valence-corrected chi connectivity index (χ2v) is 9.08. The van der Waals surface area contributed by atoms with E-state index >= 15 is 0 Å². The molecule has 2 aromatic carbocycles. The lowest BCUT2D eigenvalue weighted by Gasteiger charge is -2.47. The largest absolute Gasteiger partial charge is 0.303 e. The van der Waals surface area contributed by atoms with Gasteiger partial charge in [0.25, 0.3) is 0 Å². The number of aromatic nitrogens is 2. The summed E-state index contributed by atoms with van der Waals surface area (Å²) in [6.07, 6.45) is 8.87. The topological polar surface area (TPSA) is 29.0 Å². The number of allylic oxidation sites excluding steroid dienone is 2. The summed E-state index contributed by atoms with van der Waals surface area (Å²) in [5, 5.41) is 0. The molecule has 3 heteroatoms. The zero-order chi connectivity index (χ0) is 21.8. The highest BCUT2D eigenvalue weighted by atomic mass is 15.3. The molecular weight excluding hydrogens is 402 g/mol. The third kappa shape index (κ3) is 2.96. The van der Waals surface area contributed by atoms with Crippen molar-refractivity contribution in [2.24, 2.45) is 5.92 Å². The summed E-state index contributed by atoms with van der Waals surface area (Å²) >= 11 is 0. The quantitative estimate of drug-likeness (QED) is 0.365. The van der Waals surface area contributed by atoms with E-state index in [0.717, 1.165) is 47.0 Å². The highest BCUT2D eigenvalue weighted by Gasteiger charge is 2.42. The van der Waals surface area contributed by atoms with Crippen molar-refractivity contribution in [1.82, 2.24) is 9.97 Å². The number of fused-ring (bicyclic) bond motifs is 4. The van der Waals surface area contributed by atoms with Crippen LogP contribution in [-0.2, 0) is 12.8 Å². The van der Waals surface area contributed by atoms with Crippen molar-refractivity contribution in [1.29, 1.82) is 0 Å². The normalized spacial score (nSPS) is 19.9. The first kappa shape index (κ1) is 18.6. The van der Waals surface area contributed by atoms with Crippen molar-refractivity contribution in [3.63, 3.8) is 0 Å². The Hall–Kier alpha value is -3.98. The molecule has 2 aromatic heterocycles. The van der Waals surface area contributed by atoms with Crippen LogP contribution in [0.1, 0.15) is 11.1 Å². The van der Waals surface area contributed by atoms with Gasteiger partial charge in [-0.15, -0.1) is 0 Å². The smallest absolute Gasteiger partial charge is 0.138 e. The lowest BCUT2D eigenvalue weighted by Crippen LogP contribution is -2.48. The van der Waals surface area contributed by atoms with E-state index in [4.69, 9.17) is 9.97 Å². The number of hydrogen-bond acceptors (Lipinski definition) is 3. The minimum absolute atomic E-state index is 0.284. The average molecular weight is 426 g/mol. The van der Waals surface area contributed by atoms with Crippen LogP contribution < -0.4 is 4.90 Å². The fourth-order valence-electron chi connectivity index (χ4n) is 5.55. The Morgan fingerprint density at radius 2 is 1.27 bits per heavy atom. The molecule has 0 saturated heterocycles. The van der Waals surface area contributed by atoms with Crippen molar-refractivity contribution in [2.75, 3.05) is 4.90 Å². The molecule has 0 radical (unpaired) electrons. The van der Waals surface area contributed by atoms with Gasteiger partial charge in [-0.3, -0.25) is 0 Å². The molecule has 7 rings (SSSR count). The number of pyridine rings is 2. The molecule has 4 aromatic rings. The van der Waals surface area contributed by atoms with Gasteiger partial charge < -0.3 is 4.90 Å². The maximum absolute atomic E-state index is 5.23. The van der Waals surface area contributed by atoms with Crippen LogP contribution in [0.3, 0.4) is 0 Å². The highest BCUT2D eigenvalue weighted by Crippen LogP contribution is 2.48. The van der Waals surface area contributed by atoms with Gasteiger partial charge in [0.2, 0.25) is 0 Å². The minimum Gasteiger partial charge on any atom is -0.303 e. The van der Waals surface area contributed by atoms with Crippen LogP contribution in [0.5, 0.6) is 0 Å². The summed E-state index contributed by atoms with van der Waals surface area (Å²) < 4.78 is 0. The van der Waals surface area contributed by atoms with Crippen molar-refractivity contribution in [3.05, 3.63) is 120 Å². The fraction of sp³-hybridized carbons (Fsp3) is 0.133.